The van der Waals surface area contributed by atoms with Gasteiger partial charge in [0.25, 0.3) is 11.8 Å². The standard InChI is InChI=1S/C23H25NO4.C2H6/c25-22-20-11-4-5-12-21(20)23(26)24(22)13-14-27-18-9-6-10-19(15-18)28-16-17-7-2-1-3-8-17;1-2/h4-6,9-12,15,17H,1-3,7-8,13-14,16H2;1-2H3. The molecule has 0 aromatic heterocycles. The fraction of sp³-hybridized carbons (Fsp3) is 0.440. The zero-order valence-electron chi connectivity index (χ0n) is 17.9. The van der Waals surface area contributed by atoms with Crippen LogP contribution in [0, 0.1) is 5.92 Å². The topological polar surface area (TPSA) is 55.8 Å². The Balaban J connectivity index is 0.00000124. The van der Waals surface area contributed by atoms with E-state index in [0.717, 1.165) is 12.4 Å². The quantitative estimate of drug-likeness (QED) is 0.579. The predicted octanol–water partition coefficient (Wildman–Crippen LogP) is 5.35. The molecule has 0 atom stereocenters. The Morgan fingerprint density at radius 3 is 2.07 bits per heavy atom. The summed E-state index contributed by atoms with van der Waals surface area (Å²) in [5.41, 5.74) is 0.927. The van der Waals surface area contributed by atoms with Crippen molar-refractivity contribution in [2.45, 2.75) is 46.0 Å². The van der Waals surface area contributed by atoms with Gasteiger partial charge in [0.1, 0.15) is 18.1 Å². The van der Waals surface area contributed by atoms with Crippen LogP contribution < -0.4 is 9.47 Å². The molecule has 2 aromatic rings. The lowest BCUT2D eigenvalue weighted by atomic mass is 9.90. The van der Waals surface area contributed by atoms with E-state index < -0.39 is 0 Å². The summed E-state index contributed by atoms with van der Waals surface area (Å²) in [5.74, 6) is 1.61. The minimum absolute atomic E-state index is 0.222. The Labute approximate surface area is 179 Å². The van der Waals surface area contributed by atoms with E-state index in [-0.39, 0.29) is 25.0 Å². The molecule has 0 N–H and O–H groups in total. The van der Waals surface area contributed by atoms with E-state index in [9.17, 15) is 9.59 Å². The van der Waals surface area contributed by atoms with Gasteiger partial charge in [-0.1, -0.05) is 51.3 Å². The molecule has 4 rings (SSSR count). The van der Waals surface area contributed by atoms with Crippen molar-refractivity contribution < 1.29 is 19.1 Å². The molecule has 5 nitrogen and oxygen atoms in total. The average molecular weight is 410 g/mol. The number of rotatable bonds is 7. The van der Waals surface area contributed by atoms with Crippen molar-refractivity contribution in [2.24, 2.45) is 5.92 Å². The van der Waals surface area contributed by atoms with Gasteiger partial charge < -0.3 is 9.47 Å². The minimum atomic E-state index is -0.256. The average Bonchev–Trinajstić information content (AvgIpc) is 3.05. The summed E-state index contributed by atoms with van der Waals surface area (Å²) >= 11 is 0. The van der Waals surface area contributed by atoms with Gasteiger partial charge in [0.05, 0.1) is 24.3 Å². The first kappa shape index (κ1) is 21.9. The largest absolute Gasteiger partial charge is 0.493 e. The second-order valence-corrected chi connectivity index (χ2v) is 7.45. The van der Waals surface area contributed by atoms with E-state index in [1.165, 1.54) is 37.0 Å². The number of amides is 2. The van der Waals surface area contributed by atoms with Crippen LogP contribution in [-0.4, -0.2) is 36.5 Å². The number of hydrogen-bond acceptors (Lipinski definition) is 4. The highest BCUT2D eigenvalue weighted by Crippen LogP contribution is 2.26. The normalized spacial score (nSPS) is 16.0. The summed E-state index contributed by atoms with van der Waals surface area (Å²) in [4.78, 5) is 26.0. The van der Waals surface area contributed by atoms with Crippen LogP contribution in [0.1, 0.15) is 66.7 Å². The van der Waals surface area contributed by atoms with E-state index in [0.29, 0.717) is 22.8 Å². The molecule has 0 bridgehead atoms. The van der Waals surface area contributed by atoms with Crippen LogP contribution >= 0.6 is 0 Å². The Kier molecular flexibility index (Phi) is 7.89. The molecule has 160 valence electrons. The number of hydrogen-bond donors (Lipinski definition) is 0. The number of ether oxygens (including phenoxy) is 2. The van der Waals surface area contributed by atoms with E-state index in [1.807, 2.05) is 38.1 Å². The van der Waals surface area contributed by atoms with Gasteiger partial charge in [-0.2, -0.15) is 0 Å². The van der Waals surface area contributed by atoms with E-state index >= 15 is 0 Å². The fourth-order valence-corrected chi connectivity index (χ4v) is 3.92. The molecule has 0 saturated heterocycles. The third kappa shape index (κ3) is 5.21. The molecule has 2 amide bonds. The van der Waals surface area contributed by atoms with Crippen molar-refractivity contribution in [1.29, 1.82) is 0 Å². The summed E-state index contributed by atoms with van der Waals surface area (Å²) in [6, 6.07) is 14.5. The first-order valence-corrected chi connectivity index (χ1v) is 11.0. The number of carbonyl (C=O) groups is 2. The van der Waals surface area contributed by atoms with E-state index in [4.69, 9.17) is 9.47 Å². The second kappa shape index (κ2) is 10.8. The smallest absolute Gasteiger partial charge is 0.261 e. The lowest BCUT2D eigenvalue weighted by molar-refractivity contribution is 0.0631. The second-order valence-electron chi connectivity index (χ2n) is 7.45. The molecule has 0 unspecified atom stereocenters. The van der Waals surface area contributed by atoms with Gasteiger partial charge in [-0.3, -0.25) is 14.5 Å². The Morgan fingerprint density at radius 1 is 0.833 bits per heavy atom. The van der Waals surface area contributed by atoms with Crippen molar-refractivity contribution >= 4 is 11.8 Å². The van der Waals surface area contributed by atoms with Gasteiger partial charge in [-0.25, -0.2) is 0 Å². The highest BCUT2D eigenvalue weighted by molar-refractivity contribution is 6.21. The molecule has 1 saturated carbocycles. The van der Waals surface area contributed by atoms with Crippen molar-refractivity contribution in [3.8, 4) is 11.5 Å². The number of nitrogens with zero attached hydrogens (tertiary/aromatic N) is 1. The lowest BCUT2D eigenvalue weighted by Crippen LogP contribution is -2.33. The van der Waals surface area contributed by atoms with Gasteiger partial charge in [0, 0.05) is 6.07 Å². The van der Waals surface area contributed by atoms with Crippen LogP contribution in [0.3, 0.4) is 0 Å². The maximum atomic E-state index is 12.4. The SMILES string of the molecule is CC.O=C1c2ccccc2C(=O)N1CCOc1cccc(OCC2CCCCC2)c1. The molecule has 2 aliphatic rings. The highest BCUT2D eigenvalue weighted by atomic mass is 16.5. The fourth-order valence-electron chi connectivity index (χ4n) is 3.92. The maximum absolute atomic E-state index is 12.4. The first-order chi connectivity index (χ1) is 14.7. The van der Waals surface area contributed by atoms with Crippen molar-refractivity contribution in [2.75, 3.05) is 19.8 Å². The Bertz CT molecular complexity index is 823. The third-order valence-corrected chi connectivity index (χ3v) is 5.48. The summed E-state index contributed by atoms with van der Waals surface area (Å²) < 4.78 is 11.7. The summed E-state index contributed by atoms with van der Waals surface area (Å²) in [7, 11) is 0. The minimum Gasteiger partial charge on any atom is -0.493 e. The summed E-state index contributed by atoms with van der Waals surface area (Å²) in [6.45, 7) is 5.22. The van der Waals surface area contributed by atoms with Crippen LogP contribution in [0.4, 0.5) is 0 Å². The molecule has 1 fully saturated rings. The van der Waals surface area contributed by atoms with Crippen molar-refractivity contribution in [3.63, 3.8) is 0 Å². The number of fused-ring (bicyclic) bond motifs is 1. The summed E-state index contributed by atoms with van der Waals surface area (Å²) in [6.07, 6.45) is 6.43. The molecule has 0 spiro atoms. The van der Waals surface area contributed by atoms with E-state index in [2.05, 4.69) is 0 Å². The van der Waals surface area contributed by atoms with Crippen LogP contribution in [0.5, 0.6) is 11.5 Å². The van der Waals surface area contributed by atoms with Gasteiger partial charge in [-0.15, -0.1) is 0 Å². The van der Waals surface area contributed by atoms with Gasteiger partial charge in [0.15, 0.2) is 0 Å². The molecule has 5 heteroatoms. The molecular weight excluding hydrogens is 378 g/mol. The van der Waals surface area contributed by atoms with E-state index in [1.54, 1.807) is 24.3 Å². The molecule has 30 heavy (non-hydrogen) atoms. The predicted molar refractivity (Wildman–Crippen MR) is 117 cm³/mol. The van der Waals surface area contributed by atoms with Crippen molar-refractivity contribution in [3.05, 3.63) is 59.7 Å². The lowest BCUT2D eigenvalue weighted by Gasteiger charge is -2.21. The Morgan fingerprint density at radius 2 is 1.43 bits per heavy atom. The van der Waals surface area contributed by atoms with Gasteiger partial charge >= 0.3 is 0 Å². The molecule has 2 aromatic carbocycles. The van der Waals surface area contributed by atoms with Crippen LogP contribution in [0.2, 0.25) is 0 Å². The Hall–Kier alpha value is -2.82. The maximum Gasteiger partial charge on any atom is 0.261 e. The third-order valence-electron chi connectivity index (χ3n) is 5.48. The zero-order valence-corrected chi connectivity index (χ0v) is 17.9. The highest BCUT2D eigenvalue weighted by Gasteiger charge is 2.34. The number of imide groups is 1. The van der Waals surface area contributed by atoms with Crippen LogP contribution in [-0.2, 0) is 0 Å². The molecule has 1 aliphatic carbocycles. The summed E-state index contributed by atoms with van der Waals surface area (Å²) in [5, 5.41) is 0. The van der Waals surface area contributed by atoms with Crippen LogP contribution in [0.15, 0.2) is 48.5 Å². The number of carbonyl (C=O) groups excluding carboxylic acids is 2. The van der Waals surface area contributed by atoms with Crippen molar-refractivity contribution in [1.82, 2.24) is 4.90 Å². The van der Waals surface area contributed by atoms with Gasteiger partial charge in [0.2, 0.25) is 0 Å². The van der Waals surface area contributed by atoms with Crippen LogP contribution in [0.25, 0.3) is 0 Å². The molecule has 0 radical (unpaired) electrons. The molecular formula is C25H31NO4. The monoisotopic (exact) mass is 409 g/mol. The molecule has 1 heterocycles. The number of benzene rings is 2. The molecule has 1 aliphatic heterocycles. The van der Waals surface area contributed by atoms with Gasteiger partial charge in [-0.05, 0) is 43.0 Å². The first-order valence-electron chi connectivity index (χ1n) is 11.0. The zero-order chi connectivity index (χ0) is 21.3.